The van der Waals surface area contributed by atoms with Crippen LogP contribution in [0.5, 0.6) is 5.75 Å². The number of carbonyl (C=O) groups is 3. The van der Waals surface area contributed by atoms with Crippen LogP contribution < -0.4 is 15.4 Å². The predicted molar refractivity (Wildman–Crippen MR) is 142 cm³/mol. The Morgan fingerprint density at radius 1 is 1.25 bits per heavy atom. The maximum atomic E-state index is 14.8. The van der Waals surface area contributed by atoms with Crippen LogP contribution in [-0.4, -0.2) is 90.5 Å². The first-order chi connectivity index (χ1) is 19.2. The van der Waals surface area contributed by atoms with Gasteiger partial charge >= 0.3 is 6.03 Å². The molecule has 2 aromatic rings. The van der Waals surface area contributed by atoms with Crippen molar-refractivity contribution in [3.05, 3.63) is 46.7 Å². The van der Waals surface area contributed by atoms with E-state index in [1.807, 2.05) is 6.92 Å². The number of carbonyl (C=O) groups excluding carboxylic acids is 3. The lowest BCUT2D eigenvalue weighted by Crippen LogP contribution is -2.53. The molecular weight excluding hydrogens is 521 g/mol. The van der Waals surface area contributed by atoms with E-state index in [9.17, 15) is 18.8 Å². The van der Waals surface area contributed by atoms with Crippen molar-refractivity contribution in [1.82, 2.24) is 25.4 Å². The number of hydrogen-bond acceptors (Lipinski definition) is 9. The number of piperazine rings is 1. The van der Waals surface area contributed by atoms with Gasteiger partial charge < -0.3 is 19.4 Å². The minimum Gasteiger partial charge on any atom is -0.494 e. The summed E-state index contributed by atoms with van der Waals surface area (Å²) in [6.45, 7) is 8.96. The van der Waals surface area contributed by atoms with Crippen molar-refractivity contribution >= 4 is 35.5 Å². The molecular formula is C27H30FN7O5. The molecule has 12 nitrogen and oxygen atoms in total. The monoisotopic (exact) mass is 551 g/mol. The molecule has 1 aromatic carbocycles. The number of hydrazone groups is 1. The number of fused-ring (bicyclic) bond motifs is 2. The minimum atomic E-state index is -1.81. The zero-order valence-electron chi connectivity index (χ0n) is 22.5. The Balaban J connectivity index is 1.28. The number of rotatable bonds is 6. The van der Waals surface area contributed by atoms with Crippen LogP contribution in [0.1, 0.15) is 41.3 Å². The van der Waals surface area contributed by atoms with Crippen LogP contribution in [0.2, 0.25) is 0 Å². The number of likely N-dealkylation sites (N-methyl/N-ethyl adjacent to an activating group) is 1. The number of aliphatic imine (C=N–C) groups is 1. The first-order valence-electron chi connectivity index (χ1n) is 13.2. The summed E-state index contributed by atoms with van der Waals surface area (Å²) < 4.78 is 26.0. The van der Waals surface area contributed by atoms with Gasteiger partial charge in [-0.05, 0) is 25.1 Å². The van der Waals surface area contributed by atoms with Crippen molar-refractivity contribution < 1.29 is 27.9 Å². The van der Waals surface area contributed by atoms with Crippen molar-refractivity contribution in [3.8, 4) is 5.75 Å². The fourth-order valence-electron chi connectivity index (χ4n) is 5.75. The van der Waals surface area contributed by atoms with Crippen molar-refractivity contribution in [3.63, 3.8) is 0 Å². The summed E-state index contributed by atoms with van der Waals surface area (Å²) in [6, 6.07) is 3.97. The molecule has 210 valence electrons. The van der Waals surface area contributed by atoms with Crippen molar-refractivity contribution in [1.29, 1.82) is 0 Å². The zero-order valence-corrected chi connectivity index (χ0v) is 22.5. The molecule has 6 rings (SSSR count). The Morgan fingerprint density at radius 3 is 2.70 bits per heavy atom. The molecule has 1 aromatic heterocycles. The smallest absolute Gasteiger partial charge is 0.323 e. The summed E-state index contributed by atoms with van der Waals surface area (Å²) in [5, 5.41) is 10.1. The van der Waals surface area contributed by atoms with Gasteiger partial charge in [-0.3, -0.25) is 24.8 Å². The molecule has 2 atom stereocenters. The molecule has 0 radical (unpaired) electrons. The van der Waals surface area contributed by atoms with Crippen molar-refractivity contribution in [2.24, 2.45) is 10.1 Å². The number of urea groups is 1. The average Bonchev–Trinajstić information content (AvgIpc) is 3.60. The molecule has 13 heteroatoms. The largest absolute Gasteiger partial charge is 0.494 e. The van der Waals surface area contributed by atoms with Gasteiger partial charge in [-0.25, -0.2) is 14.2 Å². The van der Waals surface area contributed by atoms with Gasteiger partial charge in [0.05, 0.1) is 31.5 Å². The molecule has 40 heavy (non-hydrogen) atoms. The van der Waals surface area contributed by atoms with Crippen molar-refractivity contribution in [2.75, 3.05) is 39.8 Å². The van der Waals surface area contributed by atoms with Crippen LogP contribution in [0.4, 0.5) is 14.9 Å². The van der Waals surface area contributed by atoms with Gasteiger partial charge in [-0.1, -0.05) is 13.0 Å². The van der Waals surface area contributed by atoms with E-state index in [1.54, 1.807) is 12.1 Å². The second kappa shape index (κ2) is 9.82. The molecule has 0 bridgehead atoms. The van der Waals surface area contributed by atoms with Crippen LogP contribution in [-0.2, 0) is 23.3 Å². The highest BCUT2D eigenvalue weighted by molar-refractivity contribution is 6.16. The van der Waals surface area contributed by atoms with E-state index in [2.05, 4.69) is 32.5 Å². The predicted octanol–water partition coefficient (Wildman–Crippen LogP) is 1.76. The highest BCUT2D eigenvalue weighted by Gasteiger charge is 2.51. The Morgan fingerprint density at radius 2 is 2.02 bits per heavy atom. The SMILES string of the molecule is CCN1CCN(C2Cc3oc([C@]4(/C=N/N5Cc6ccc(OC)c(F)c6C5=O)NC(=O)NC4=O)cc3N=C2C)CC1. The Labute approximate surface area is 229 Å². The summed E-state index contributed by atoms with van der Waals surface area (Å²) in [6.07, 6.45) is 1.72. The number of methoxy groups -OCH3 is 1. The first kappa shape index (κ1) is 26.1. The van der Waals surface area contributed by atoms with Gasteiger partial charge in [0.15, 0.2) is 11.6 Å². The van der Waals surface area contributed by atoms with Gasteiger partial charge in [0.25, 0.3) is 11.8 Å². The summed E-state index contributed by atoms with van der Waals surface area (Å²) in [7, 11) is 1.31. The minimum absolute atomic E-state index is 0.0116. The number of benzene rings is 1. The third kappa shape index (κ3) is 4.16. The molecule has 4 aliphatic rings. The molecule has 4 aliphatic heterocycles. The van der Waals surface area contributed by atoms with Crippen LogP contribution in [0.15, 0.2) is 32.7 Å². The molecule has 2 N–H and O–H groups in total. The maximum absolute atomic E-state index is 14.8. The molecule has 1 unspecified atom stereocenters. The van der Waals surface area contributed by atoms with E-state index in [-0.39, 0.29) is 29.7 Å². The second-order valence-electron chi connectivity index (χ2n) is 10.3. The highest BCUT2D eigenvalue weighted by Crippen LogP contribution is 2.37. The fraction of sp³-hybridized carbons (Fsp3) is 0.444. The normalized spacial score (nSPS) is 25.2. The third-order valence-corrected chi connectivity index (χ3v) is 8.10. The summed E-state index contributed by atoms with van der Waals surface area (Å²) >= 11 is 0. The van der Waals surface area contributed by atoms with Crippen LogP contribution in [0.25, 0.3) is 0 Å². The van der Waals surface area contributed by atoms with E-state index in [0.29, 0.717) is 23.4 Å². The lowest BCUT2D eigenvalue weighted by molar-refractivity contribution is -0.122. The van der Waals surface area contributed by atoms with E-state index < -0.39 is 29.2 Å². The topological polar surface area (TPSA) is 132 Å². The zero-order chi connectivity index (χ0) is 28.2. The average molecular weight is 552 g/mol. The Hall–Kier alpha value is -4.10. The number of furan rings is 1. The van der Waals surface area contributed by atoms with E-state index in [4.69, 9.17) is 14.1 Å². The van der Waals surface area contributed by atoms with E-state index in [1.165, 1.54) is 13.2 Å². The quantitative estimate of drug-likeness (QED) is 0.413. The molecule has 0 spiro atoms. The Kier molecular flexibility index (Phi) is 6.42. The van der Waals surface area contributed by atoms with Crippen LogP contribution in [0.3, 0.4) is 0 Å². The highest BCUT2D eigenvalue weighted by atomic mass is 19.1. The van der Waals surface area contributed by atoms with Crippen LogP contribution >= 0.6 is 0 Å². The van der Waals surface area contributed by atoms with E-state index >= 15 is 0 Å². The molecule has 0 aliphatic carbocycles. The molecule has 5 heterocycles. The molecule has 2 fully saturated rings. The first-order valence-corrected chi connectivity index (χ1v) is 13.2. The number of nitrogens with zero attached hydrogens (tertiary/aromatic N) is 5. The second-order valence-corrected chi connectivity index (χ2v) is 10.3. The number of ether oxygens (including phenoxy) is 1. The summed E-state index contributed by atoms with van der Waals surface area (Å²) in [5.41, 5.74) is 0.000563. The third-order valence-electron chi connectivity index (χ3n) is 8.10. The molecule has 0 saturated carbocycles. The van der Waals surface area contributed by atoms with E-state index in [0.717, 1.165) is 49.7 Å². The number of nitrogens with one attached hydrogen (secondary N) is 2. The summed E-state index contributed by atoms with van der Waals surface area (Å²) in [4.78, 5) is 47.9. The maximum Gasteiger partial charge on any atom is 0.323 e. The van der Waals surface area contributed by atoms with Gasteiger partial charge in [0.2, 0.25) is 5.54 Å². The van der Waals surface area contributed by atoms with Gasteiger partial charge in [0, 0.05) is 44.4 Å². The van der Waals surface area contributed by atoms with Crippen LogP contribution in [0, 0.1) is 5.82 Å². The Bertz CT molecular complexity index is 1460. The number of hydrogen-bond donors (Lipinski definition) is 2. The lowest BCUT2D eigenvalue weighted by atomic mass is 9.97. The number of amides is 4. The number of imide groups is 1. The fourth-order valence-corrected chi connectivity index (χ4v) is 5.75. The standard InChI is InChI=1S/C27H30FN7O5/c1-4-33-7-9-34(10-8-33)18-12-20-17(30-15(18)2)11-21(40-20)27(25(37)31-26(38)32-27)14-29-35-13-16-5-6-19(39-3)23(28)22(16)24(35)36/h5-6,11,14,18H,4,7-10,12-13H2,1-3H3,(H2,31,32,37,38)/b29-14+/t18?,27-/m0/s1. The number of halogens is 1. The van der Waals surface area contributed by atoms with Crippen molar-refractivity contribution in [2.45, 2.75) is 38.4 Å². The molecule has 4 amide bonds. The van der Waals surface area contributed by atoms with Gasteiger partial charge in [-0.2, -0.15) is 5.10 Å². The van der Waals surface area contributed by atoms with Gasteiger partial charge in [0.1, 0.15) is 17.2 Å². The van der Waals surface area contributed by atoms with Gasteiger partial charge in [-0.15, -0.1) is 0 Å². The molecule has 2 saturated heterocycles. The summed E-state index contributed by atoms with van der Waals surface area (Å²) in [5.74, 6) is -1.51. The lowest BCUT2D eigenvalue weighted by Gasteiger charge is -2.39.